The zero-order valence-corrected chi connectivity index (χ0v) is 45.8. The SMILES string of the molecule is O=C(CCCCC(=O)ON1C(=O)CCC1=O)NCCCC[C@H](NC(=O)CNC(=O)CN(CC(=O)NCCO[C@@H]1O[C@H](CO)[C@@H](O)[C@H](O)[C@H]1O)CC(=O)NCCO[C@@H]1O[C@H](CO)[C@@H](O)[C@H](O)[C@H]1O)C(=O)NCCO[C@H]1O[C@H](CO)[C@@H](O)[C@H](O)[C@@H]1O. The molecule has 4 heterocycles. The molecule has 0 aromatic carbocycles. The summed E-state index contributed by atoms with van der Waals surface area (Å²) in [5.41, 5.74) is 0. The van der Waals surface area contributed by atoms with Gasteiger partial charge in [-0.25, -0.2) is 4.79 Å². The van der Waals surface area contributed by atoms with Crippen molar-refractivity contribution in [2.75, 3.05) is 92.0 Å². The summed E-state index contributed by atoms with van der Waals surface area (Å²) in [5, 5.41) is 135. The molecular formula is C48H80N8O28. The van der Waals surface area contributed by atoms with Gasteiger partial charge in [-0.1, -0.05) is 0 Å². The summed E-state index contributed by atoms with van der Waals surface area (Å²) in [6, 6.07) is -1.28. The summed E-state index contributed by atoms with van der Waals surface area (Å²) in [5.74, 6) is -6.54. The third kappa shape index (κ3) is 22.8. The average molecular weight is 1220 g/mol. The maximum Gasteiger partial charge on any atom is 0.333 e. The number of nitrogens with zero attached hydrogens (tertiary/aromatic N) is 2. The van der Waals surface area contributed by atoms with Gasteiger partial charge in [0.1, 0.15) is 79.3 Å². The third-order valence-electron chi connectivity index (χ3n) is 13.3. The zero-order chi connectivity index (χ0) is 62.0. The number of hydroxylamine groups is 2. The Kier molecular flexibility index (Phi) is 31.0. The number of hydrogen-bond donors (Lipinski definition) is 18. The normalized spacial score (nSPS) is 29.2. The van der Waals surface area contributed by atoms with Crippen molar-refractivity contribution >= 4 is 53.2 Å². The van der Waals surface area contributed by atoms with Crippen LogP contribution in [0.15, 0.2) is 0 Å². The fraction of sp³-hybridized carbons (Fsp3) is 0.812. The van der Waals surface area contributed by atoms with Crippen molar-refractivity contribution in [3.8, 4) is 0 Å². The van der Waals surface area contributed by atoms with Crippen molar-refractivity contribution in [3.63, 3.8) is 0 Å². The molecule has 16 atom stereocenters. The van der Waals surface area contributed by atoms with Crippen molar-refractivity contribution in [1.29, 1.82) is 0 Å². The van der Waals surface area contributed by atoms with E-state index in [-0.39, 0.29) is 103 Å². The second kappa shape index (κ2) is 36.6. The summed E-state index contributed by atoms with van der Waals surface area (Å²) in [7, 11) is 0. The van der Waals surface area contributed by atoms with Crippen molar-refractivity contribution in [3.05, 3.63) is 0 Å². The first-order valence-corrected chi connectivity index (χ1v) is 27.2. The van der Waals surface area contributed by atoms with E-state index in [0.717, 1.165) is 4.90 Å². The van der Waals surface area contributed by atoms with Gasteiger partial charge in [-0.05, 0) is 32.1 Å². The minimum Gasteiger partial charge on any atom is -0.394 e. The van der Waals surface area contributed by atoms with Gasteiger partial charge in [-0.2, -0.15) is 0 Å². The van der Waals surface area contributed by atoms with Gasteiger partial charge < -0.3 is 126 Å². The Morgan fingerprint density at radius 2 is 0.893 bits per heavy atom. The summed E-state index contributed by atoms with van der Waals surface area (Å²) >= 11 is 0. The summed E-state index contributed by atoms with van der Waals surface area (Å²) in [4.78, 5) is 120. The van der Waals surface area contributed by atoms with E-state index >= 15 is 0 Å². The van der Waals surface area contributed by atoms with Gasteiger partial charge in [0.25, 0.3) is 11.8 Å². The van der Waals surface area contributed by atoms with Gasteiger partial charge in [0.05, 0.1) is 65.8 Å². The van der Waals surface area contributed by atoms with Crippen LogP contribution in [-0.4, -0.2) is 315 Å². The van der Waals surface area contributed by atoms with Gasteiger partial charge in [0, 0.05) is 51.9 Å². The number of carbonyl (C=O) groups is 9. The number of aliphatic hydroxyl groups is 12. The molecule has 480 valence electrons. The molecule has 0 radical (unpaired) electrons. The van der Waals surface area contributed by atoms with Gasteiger partial charge in [0.2, 0.25) is 35.4 Å². The largest absolute Gasteiger partial charge is 0.394 e. The lowest BCUT2D eigenvalue weighted by Crippen LogP contribution is -2.59. The zero-order valence-electron chi connectivity index (χ0n) is 45.8. The molecule has 0 bridgehead atoms. The van der Waals surface area contributed by atoms with E-state index in [2.05, 4.69) is 31.9 Å². The molecule has 36 heteroatoms. The minimum atomic E-state index is -1.73. The lowest BCUT2D eigenvalue weighted by Gasteiger charge is -2.39. The van der Waals surface area contributed by atoms with Gasteiger partial charge in [-0.15, -0.1) is 5.06 Å². The highest BCUT2D eigenvalue weighted by Gasteiger charge is 2.46. The van der Waals surface area contributed by atoms with Gasteiger partial charge in [-0.3, -0.25) is 43.3 Å². The highest BCUT2D eigenvalue weighted by Crippen LogP contribution is 2.24. The van der Waals surface area contributed by atoms with E-state index in [0.29, 0.717) is 11.5 Å². The molecule has 36 nitrogen and oxygen atoms in total. The number of hydrogen-bond acceptors (Lipinski definition) is 29. The highest BCUT2D eigenvalue weighted by molar-refractivity contribution is 6.01. The van der Waals surface area contributed by atoms with Crippen LogP contribution in [0.5, 0.6) is 0 Å². The van der Waals surface area contributed by atoms with Crippen molar-refractivity contribution in [1.82, 2.24) is 41.9 Å². The number of rotatable bonds is 36. The Bertz CT molecular complexity index is 2060. The van der Waals surface area contributed by atoms with E-state index in [1.54, 1.807) is 0 Å². The molecule has 0 aromatic rings. The van der Waals surface area contributed by atoms with Crippen LogP contribution in [0.3, 0.4) is 0 Å². The van der Waals surface area contributed by atoms with E-state index in [1.807, 2.05) is 0 Å². The van der Waals surface area contributed by atoms with Gasteiger partial charge in [0.15, 0.2) is 18.9 Å². The first-order valence-electron chi connectivity index (χ1n) is 27.2. The fourth-order valence-electron chi connectivity index (χ4n) is 8.61. The number of aliphatic hydroxyl groups excluding tert-OH is 12. The molecule has 18 N–H and O–H groups in total. The van der Waals surface area contributed by atoms with Crippen LogP contribution in [0.1, 0.15) is 57.8 Å². The fourth-order valence-corrected chi connectivity index (χ4v) is 8.61. The average Bonchev–Trinajstić information content (AvgIpc) is 3.87. The second-order valence-electron chi connectivity index (χ2n) is 19.8. The predicted molar refractivity (Wildman–Crippen MR) is 272 cm³/mol. The monoisotopic (exact) mass is 1220 g/mol. The molecule has 84 heavy (non-hydrogen) atoms. The van der Waals surface area contributed by atoms with Crippen molar-refractivity contribution in [2.45, 2.75) is 156 Å². The van der Waals surface area contributed by atoms with E-state index in [4.69, 9.17) is 33.3 Å². The van der Waals surface area contributed by atoms with Crippen LogP contribution in [0, 0.1) is 0 Å². The number of carbonyl (C=O) groups excluding carboxylic acids is 9. The Morgan fingerprint density at radius 3 is 1.33 bits per heavy atom. The van der Waals surface area contributed by atoms with Crippen LogP contribution in [-0.2, 0) is 76.4 Å². The molecular weight excluding hydrogens is 1140 g/mol. The number of unbranched alkanes of at least 4 members (excludes halogenated alkanes) is 2. The minimum absolute atomic E-state index is 0.0180. The van der Waals surface area contributed by atoms with Crippen LogP contribution in [0.4, 0.5) is 0 Å². The van der Waals surface area contributed by atoms with E-state index in [1.165, 1.54) is 0 Å². The number of nitrogens with one attached hydrogen (secondary N) is 6. The smallest absolute Gasteiger partial charge is 0.333 e. The Morgan fingerprint density at radius 1 is 0.488 bits per heavy atom. The van der Waals surface area contributed by atoms with Crippen LogP contribution >= 0.6 is 0 Å². The molecule has 4 saturated heterocycles. The van der Waals surface area contributed by atoms with Gasteiger partial charge >= 0.3 is 5.97 Å². The number of imide groups is 1. The topological polar surface area (TPSA) is 540 Å². The summed E-state index contributed by atoms with van der Waals surface area (Å²) in [6.07, 6.45) is -22.9. The van der Waals surface area contributed by atoms with Crippen LogP contribution in [0.25, 0.3) is 0 Å². The molecule has 0 aliphatic carbocycles. The maximum atomic E-state index is 13.5. The first kappa shape index (κ1) is 71.2. The maximum absolute atomic E-state index is 13.5. The summed E-state index contributed by atoms with van der Waals surface area (Å²) in [6.45, 7) is -6.56. The molecule has 4 fully saturated rings. The Labute approximate surface area is 479 Å². The molecule has 0 saturated carbocycles. The predicted octanol–water partition coefficient (Wildman–Crippen LogP) is -11.9. The quantitative estimate of drug-likeness (QED) is 0.0205. The highest BCUT2D eigenvalue weighted by atomic mass is 16.7. The molecule has 4 rings (SSSR count). The Hall–Kier alpha value is -5.33. The number of amides is 8. The lowest BCUT2D eigenvalue weighted by molar-refractivity contribution is -0.300. The molecule has 4 aliphatic rings. The third-order valence-corrected chi connectivity index (χ3v) is 13.3. The second-order valence-corrected chi connectivity index (χ2v) is 19.8. The molecule has 0 spiro atoms. The lowest BCUT2D eigenvalue weighted by atomic mass is 9.99. The molecule has 8 amide bonds. The molecule has 0 aromatic heterocycles. The van der Waals surface area contributed by atoms with Crippen molar-refractivity contribution in [2.24, 2.45) is 0 Å². The van der Waals surface area contributed by atoms with Crippen molar-refractivity contribution < 1.29 is 138 Å². The first-order chi connectivity index (χ1) is 40.0. The standard InChI is InChI=1S/C48H80N8O28/c57-21-25-36(68)39(71)42(74)46(81-25)78-14-11-50-30(62)18-55(19-31(63)51-12-15-79-47-43(75)40(72)37(69)26(22-58)82-47)20-32(64)53-17-29(61)54-24(45(77)52-13-16-80-48-44(76)41(73)38(70)27(23-59)83-48)5-3-4-10-49-28(60)6-1-2-7-35(67)84-56-33(65)8-9-34(56)66/h24-27,36-44,46-48,57-59,68-76H,1-23H2,(H,49,60)(H,50,62)(H,51,63)(H,52,77)(H,53,64)(H,54,61)/t24-,25+,26+,27+,36+,37+,38+,39-,40-,41-,42+,43+,44-,46+,47+,48-/m0/s1. The Balaban J connectivity index is 1.30. The molecule has 0 unspecified atom stereocenters. The van der Waals surface area contributed by atoms with E-state index in [9.17, 15) is 104 Å². The summed E-state index contributed by atoms with van der Waals surface area (Å²) < 4.78 is 32.0. The van der Waals surface area contributed by atoms with Crippen LogP contribution in [0.2, 0.25) is 0 Å². The molecule has 4 aliphatic heterocycles. The number of ether oxygens (including phenoxy) is 6. The van der Waals surface area contributed by atoms with E-state index < -0.39 is 191 Å². The van der Waals surface area contributed by atoms with Crippen LogP contribution < -0.4 is 31.9 Å².